The molecule has 9 heteroatoms. The highest BCUT2D eigenvalue weighted by molar-refractivity contribution is 8.84. The zero-order valence-electron chi connectivity index (χ0n) is 13.6. The van der Waals surface area contributed by atoms with E-state index in [0.717, 1.165) is 34.8 Å². The first-order valence-electron chi connectivity index (χ1n) is 7.96. The summed E-state index contributed by atoms with van der Waals surface area (Å²) in [4.78, 5) is 4.59. The summed E-state index contributed by atoms with van der Waals surface area (Å²) in [5.41, 5.74) is 0.230. The van der Waals surface area contributed by atoms with Crippen molar-refractivity contribution in [1.82, 2.24) is 9.80 Å². The quantitative estimate of drug-likeness (QED) is 0.318. The Kier molecular flexibility index (Phi) is 9.76. The van der Waals surface area contributed by atoms with Gasteiger partial charge in [0.05, 0.1) is 0 Å². The van der Waals surface area contributed by atoms with Crippen LogP contribution >= 0.6 is 67.6 Å². The zero-order valence-corrected chi connectivity index (χ0v) is 18.5. The van der Waals surface area contributed by atoms with Crippen LogP contribution in [-0.2, 0) is 4.74 Å². The average Bonchev–Trinajstić information content (AvgIpc) is 3.22. The van der Waals surface area contributed by atoms with Crippen molar-refractivity contribution in [1.29, 1.82) is 0 Å². The molecular formula is C14H24N2OS6. The highest BCUT2D eigenvalue weighted by Crippen LogP contribution is 2.36. The van der Waals surface area contributed by atoms with Crippen LogP contribution in [0.4, 0.5) is 0 Å². The first-order valence-corrected chi connectivity index (χ1v) is 13.2. The smallest absolute Gasteiger partial charge is 0.147 e. The molecule has 0 N–H and O–H groups in total. The first kappa shape index (κ1) is 20.5. The third-order valence-electron chi connectivity index (χ3n) is 3.62. The molecule has 0 aromatic rings. The van der Waals surface area contributed by atoms with Gasteiger partial charge in [-0.3, -0.25) is 0 Å². The van der Waals surface area contributed by atoms with Crippen molar-refractivity contribution in [2.75, 3.05) is 26.2 Å². The predicted octanol–water partition coefficient (Wildman–Crippen LogP) is 5.22. The second-order valence-electron chi connectivity index (χ2n) is 5.55. The van der Waals surface area contributed by atoms with E-state index in [-0.39, 0.29) is 10.9 Å². The molecule has 0 radical (unpaired) electrons. The van der Waals surface area contributed by atoms with E-state index in [1.165, 1.54) is 25.7 Å². The van der Waals surface area contributed by atoms with Gasteiger partial charge in [0.2, 0.25) is 0 Å². The number of hydrogen-bond acceptors (Lipinski definition) is 7. The van der Waals surface area contributed by atoms with Gasteiger partial charge < -0.3 is 14.5 Å². The zero-order chi connectivity index (χ0) is 16.7. The van der Waals surface area contributed by atoms with Crippen LogP contribution in [0.2, 0.25) is 0 Å². The van der Waals surface area contributed by atoms with E-state index in [9.17, 15) is 0 Å². The topological polar surface area (TPSA) is 15.7 Å². The Morgan fingerprint density at radius 1 is 0.783 bits per heavy atom. The van der Waals surface area contributed by atoms with Crippen LogP contribution in [0.3, 0.4) is 0 Å². The van der Waals surface area contributed by atoms with Gasteiger partial charge in [-0.15, -0.1) is 0 Å². The normalized spacial score (nSPS) is 20.8. The van der Waals surface area contributed by atoms with Crippen LogP contribution in [0.1, 0.15) is 39.5 Å². The lowest BCUT2D eigenvalue weighted by atomic mass is 10.4. The Hall–Kier alpha value is 1.14. The first-order chi connectivity index (χ1) is 11.1. The third kappa shape index (κ3) is 7.50. The summed E-state index contributed by atoms with van der Waals surface area (Å²) in [6.45, 7) is 8.61. The van der Waals surface area contributed by atoms with Gasteiger partial charge in [-0.05, 0) is 61.1 Å². The second kappa shape index (κ2) is 11.0. The van der Waals surface area contributed by atoms with Crippen LogP contribution in [-0.4, -0.2) is 55.5 Å². The Morgan fingerprint density at radius 2 is 1.13 bits per heavy atom. The van der Waals surface area contributed by atoms with Gasteiger partial charge in [-0.25, -0.2) is 0 Å². The van der Waals surface area contributed by atoms with Crippen molar-refractivity contribution in [2.24, 2.45) is 0 Å². The fourth-order valence-corrected chi connectivity index (χ4v) is 7.23. The van der Waals surface area contributed by atoms with Crippen LogP contribution in [0.5, 0.6) is 0 Å². The Labute approximate surface area is 166 Å². The van der Waals surface area contributed by atoms with Crippen molar-refractivity contribution < 1.29 is 4.74 Å². The van der Waals surface area contributed by atoms with Gasteiger partial charge >= 0.3 is 0 Å². The summed E-state index contributed by atoms with van der Waals surface area (Å²) in [5.74, 6) is 0. The molecule has 23 heavy (non-hydrogen) atoms. The standard InChI is InChI=1S/C14H24N2OS6/c1-11(20-22-13(18)15-7-3-4-8-15)17-12(2)21-23-14(19)16-9-5-6-10-16/h11-12H,3-10H2,1-2H3. The maximum atomic E-state index is 6.00. The molecule has 2 heterocycles. The van der Waals surface area contributed by atoms with Crippen LogP contribution in [0.25, 0.3) is 0 Å². The van der Waals surface area contributed by atoms with Crippen molar-refractivity contribution in [3.8, 4) is 0 Å². The van der Waals surface area contributed by atoms with Crippen LogP contribution in [0, 0.1) is 0 Å². The summed E-state index contributed by atoms with van der Waals surface area (Å²) in [6.07, 6.45) is 5.05. The second-order valence-corrected chi connectivity index (χ2v) is 11.8. The highest BCUT2D eigenvalue weighted by Gasteiger charge is 2.19. The van der Waals surface area contributed by atoms with E-state index < -0.39 is 0 Å². The Balaban J connectivity index is 1.57. The van der Waals surface area contributed by atoms with E-state index in [2.05, 4.69) is 23.6 Å². The molecule has 2 aliphatic rings. The van der Waals surface area contributed by atoms with Crippen LogP contribution < -0.4 is 0 Å². The molecular weight excluding hydrogens is 405 g/mol. The molecule has 2 atom stereocenters. The molecule has 0 bridgehead atoms. The molecule has 2 fully saturated rings. The molecule has 0 aliphatic carbocycles. The van der Waals surface area contributed by atoms with E-state index in [1.54, 1.807) is 43.2 Å². The molecule has 0 spiro atoms. The van der Waals surface area contributed by atoms with Gasteiger partial charge in [0.25, 0.3) is 0 Å². The summed E-state index contributed by atoms with van der Waals surface area (Å²) in [6, 6.07) is 0. The number of hydrogen-bond donors (Lipinski definition) is 0. The highest BCUT2D eigenvalue weighted by atomic mass is 33.1. The lowest BCUT2D eigenvalue weighted by molar-refractivity contribution is 0.115. The van der Waals surface area contributed by atoms with E-state index in [0.29, 0.717) is 0 Å². The van der Waals surface area contributed by atoms with Gasteiger partial charge in [-0.1, -0.05) is 46.0 Å². The summed E-state index contributed by atoms with van der Waals surface area (Å²) in [7, 11) is 6.75. The van der Waals surface area contributed by atoms with E-state index >= 15 is 0 Å². The van der Waals surface area contributed by atoms with Crippen molar-refractivity contribution in [3.63, 3.8) is 0 Å². The van der Waals surface area contributed by atoms with Crippen molar-refractivity contribution in [2.45, 2.75) is 50.4 Å². The van der Waals surface area contributed by atoms with E-state index in [1.807, 2.05) is 0 Å². The summed E-state index contributed by atoms with van der Waals surface area (Å²) < 4.78 is 7.99. The summed E-state index contributed by atoms with van der Waals surface area (Å²) in [5, 5.41) is 0. The number of rotatable bonds is 6. The van der Waals surface area contributed by atoms with Gasteiger partial charge in [-0.2, -0.15) is 0 Å². The van der Waals surface area contributed by atoms with Gasteiger partial charge in [0.15, 0.2) is 0 Å². The summed E-state index contributed by atoms with van der Waals surface area (Å²) >= 11 is 10.9. The molecule has 2 unspecified atom stereocenters. The fraction of sp³-hybridized carbons (Fsp3) is 0.857. The lowest BCUT2D eigenvalue weighted by Gasteiger charge is -2.22. The molecule has 2 saturated heterocycles. The fourth-order valence-electron chi connectivity index (χ4n) is 2.44. The Bertz CT molecular complexity index is 363. The predicted molar refractivity (Wildman–Crippen MR) is 117 cm³/mol. The molecule has 2 aliphatic heterocycles. The molecule has 132 valence electrons. The number of ether oxygens (including phenoxy) is 1. The number of likely N-dealkylation sites (tertiary alicyclic amines) is 2. The van der Waals surface area contributed by atoms with Gasteiger partial charge in [0.1, 0.15) is 19.5 Å². The van der Waals surface area contributed by atoms with Crippen molar-refractivity contribution >= 4 is 76.3 Å². The monoisotopic (exact) mass is 428 g/mol. The largest absolute Gasteiger partial charge is 0.357 e. The molecule has 0 aromatic carbocycles. The molecule has 0 aromatic heterocycles. The van der Waals surface area contributed by atoms with Crippen LogP contribution in [0.15, 0.2) is 0 Å². The minimum Gasteiger partial charge on any atom is -0.357 e. The maximum absolute atomic E-state index is 6.00. The maximum Gasteiger partial charge on any atom is 0.147 e. The number of thiocarbonyl (C=S) groups is 2. The number of nitrogens with zero attached hydrogens (tertiary/aromatic N) is 2. The lowest BCUT2D eigenvalue weighted by Crippen LogP contribution is -2.23. The van der Waals surface area contributed by atoms with Gasteiger partial charge in [0, 0.05) is 26.2 Å². The molecule has 2 rings (SSSR count). The Morgan fingerprint density at radius 3 is 1.48 bits per heavy atom. The SMILES string of the molecule is CC(OC(C)SSC(=S)N1CCCC1)SSC(=S)N1CCCC1. The average molecular weight is 429 g/mol. The molecule has 0 saturated carbocycles. The minimum absolute atomic E-state index is 0.115. The molecule has 0 amide bonds. The van der Waals surface area contributed by atoms with Crippen molar-refractivity contribution in [3.05, 3.63) is 0 Å². The molecule has 3 nitrogen and oxygen atoms in total. The minimum atomic E-state index is 0.115. The van der Waals surface area contributed by atoms with E-state index in [4.69, 9.17) is 29.2 Å². The third-order valence-corrected chi connectivity index (χ3v) is 10.2.